The minimum absolute atomic E-state index is 0. The maximum Gasteiger partial charge on any atom is 0.220 e. The second kappa shape index (κ2) is 28.6. The maximum atomic E-state index is 10.5. The summed E-state index contributed by atoms with van der Waals surface area (Å²) in [5.74, 6) is 1.53. The van der Waals surface area contributed by atoms with E-state index in [0.29, 0.717) is 44.6 Å². The Labute approximate surface area is 350 Å². The summed E-state index contributed by atoms with van der Waals surface area (Å²) in [7, 11) is 6.12. The van der Waals surface area contributed by atoms with Crippen LogP contribution in [-0.2, 0) is 57.2 Å². The van der Waals surface area contributed by atoms with Gasteiger partial charge in [0.1, 0.15) is 31.2 Å². The standard InChI is InChI=1S/C25H29NO4.C10H21N2OP.C6H11NO2.Y/c1-26-22(17-27)18-30-25(19-7-5-4-6-8-19,20-9-13-23(28-2)14-10-20)21-11-15-24(29-3)16-12-21;1-9(2)12(10(3)4)14(5)13-8-6-7-11;1-5(8)3-4-6(9)7-2;/h4-16,22,26-27H,17-18H2,1-3H3;9-10H,6,8H2,1-5H3;3-4H2,1-2H3,(H,7,9);. The fraction of sp³-hybridized carbons (Fsp3) is 0.488. The molecule has 54 heavy (non-hydrogen) atoms. The van der Waals surface area contributed by atoms with Crippen LogP contribution in [-0.4, -0.2) is 94.4 Å². The molecule has 1 amide bonds. The molecule has 0 bridgehead atoms. The fourth-order valence-corrected chi connectivity index (χ4v) is 7.27. The molecule has 0 fully saturated rings. The van der Waals surface area contributed by atoms with Gasteiger partial charge in [-0.1, -0.05) is 54.6 Å². The molecule has 295 valence electrons. The minimum atomic E-state index is -0.871. The van der Waals surface area contributed by atoms with Crippen molar-refractivity contribution in [1.82, 2.24) is 15.3 Å². The smallest absolute Gasteiger partial charge is 0.220 e. The Morgan fingerprint density at radius 2 is 1.33 bits per heavy atom. The predicted molar refractivity (Wildman–Crippen MR) is 213 cm³/mol. The average Bonchev–Trinajstić information content (AvgIpc) is 3.16. The van der Waals surface area contributed by atoms with Crippen molar-refractivity contribution in [3.8, 4) is 17.6 Å². The molecule has 0 spiro atoms. The number of aliphatic hydroxyl groups is 1. The van der Waals surface area contributed by atoms with Crippen molar-refractivity contribution in [2.75, 3.05) is 54.8 Å². The number of rotatable bonds is 19. The topological polar surface area (TPSA) is 142 Å². The predicted octanol–water partition coefficient (Wildman–Crippen LogP) is 6.67. The van der Waals surface area contributed by atoms with Crippen molar-refractivity contribution >= 4 is 20.0 Å². The monoisotopic (exact) mass is 841 g/mol. The molecule has 3 aromatic carbocycles. The molecular weight excluding hydrogens is 780 g/mol. The number of hydrogen-bond donors (Lipinski definition) is 3. The molecule has 0 aliphatic carbocycles. The number of aliphatic hydroxyl groups excluding tert-OH is 1. The third-order valence-electron chi connectivity index (χ3n) is 8.16. The van der Waals surface area contributed by atoms with Gasteiger partial charge in [-0.3, -0.25) is 9.46 Å². The van der Waals surface area contributed by atoms with E-state index in [4.69, 9.17) is 24.0 Å². The van der Waals surface area contributed by atoms with Crippen LogP contribution in [0.25, 0.3) is 0 Å². The van der Waals surface area contributed by atoms with E-state index in [1.165, 1.54) is 6.92 Å². The van der Waals surface area contributed by atoms with Crippen LogP contribution in [0.3, 0.4) is 0 Å². The van der Waals surface area contributed by atoms with Gasteiger partial charge in [0.15, 0.2) is 0 Å². The van der Waals surface area contributed by atoms with E-state index in [9.17, 15) is 14.7 Å². The van der Waals surface area contributed by atoms with Crippen LogP contribution in [0.1, 0.15) is 70.6 Å². The van der Waals surface area contributed by atoms with E-state index in [-0.39, 0.29) is 57.0 Å². The van der Waals surface area contributed by atoms with Crippen LogP contribution in [0.5, 0.6) is 11.5 Å². The summed E-state index contributed by atoms with van der Waals surface area (Å²) in [6, 6.07) is 28.8. The van der Waals surface area contributed by atoms with E-state index in [1.807, 2.05) is 73.8 Å². The first-order valence-corrected chi connectivity index (χ1v) is 19.5. The second-order valence-electron chi connectivity index (χ2n) is 12.6. The van der Waals surface area contributed by atoms with Crippen LogP contribution >= 0.6 is 8.30 Å². The fourth-order valence-electron chi connectivity index (χ4n) is 5.48. The quantitative estimate of drug-likeness (QED) is 0.0681. The molecule has 0 aliphatic rings. The molecule has 0 aliphatic heterocycles. The summed E-state index contributed by atoms with van der Waals surface area (Å²) >= 11 is 0. The number of Topliss-reactive ketones (excluding diaryl/α,β-unsaturated/α-hetero) is 1. The zero-order valence-electron chi connectivity index (χ0n) is 33.8. The van der Waals surface area contributed by atoms with Gasteiger partial charge in [0.25, 0.3) is 0 Å². The van der Waals surface area contributed by atoms with Gasteiger partial charge in [-0.05, 0) is 89.3 Å². The van der Waals surface area contributed by atoms with Crippen molar-refractivity contribution in [3.05, 3.63) is 95.6 Å². The van der Waals surface area contributed by atoms with Crippen LogP contribution < -0.4 is 20.1 Å². The number of ketones is 1. The number of nitriles is 1. The van der Waals surface area contributed by atoms with Gasteiger partial charge in [-0.2, -0.15) is 5.26 Å². The van der Waals surface area contributed by atoms with E-state index in [2.05, 4.69) is 67.9 Å². The van der Waals surface area contributed by atoms with Crippen molar-refractivity contribution < 1.29 is 66.1 Å². The SMILES string of the molecule is CC(C)N(C(C)C)P(C)OCCC#N.CNC(=O)CCC(C)=O.CNC(CO)COC(c1ccccc1)(c1ccc(OC)cc1)c1ccc(OC)cc1.[Y]. The van der Waals surface area contributed by atoms with E-state index < -0.39 is 13.9 Å². The Hall–Kier alpha value is -2.78. The normalized spacial score (nSPS) is 11.9. The van der Waals surface area contributed by atoms with Crippen molar-refractivity contribution in [2.45, 2.75) is 77.6 Å². The number of hydrogen-bond acceptors (Lipinski definition) is 10. The van der Waals surface area contributed by atoms with E-state index in [0.717, 1.165) is 28.2 Å². The van der Waals surface area contributed by atoms with Crippen LogP contribution in [0.15, 0.2) is 78.9 Å². The molecule has 0 aromatic heterocycles. The summed E-state index contributed by atoms with van der Waals surface area (Å²) in [6.07, 6.45) is 1.14. The molecule has 2 unspecified atom stereocenters. The zero-order valence-corrected chi connectivity index (χ0v) is 37.5. The molecule has 1 radical (unpaired) electrons. The minimum Gasteiger partial charge on any atom is -0.497 e. The third kappa shape index (κ3) is 17.4. The molecule has 0 heterocycles. The van der Waals surface area contributed by atoms with Gasteiger partial charge in [0.05, 0.1) is 52.6 Å². The number of ether oxygens (including phenoxy) is 3. The molecule has 3 N–H and O–H groups in total. The molecule has 3 aromatic rings. The van der Waals surface area contributed by atoms with Gasteiger partial charge in [-0.25, -0.2) is 0 Å². The van der Waals surface area contributed by atoms with Gasteiger partial charge >= 0.3 is 0 Å². The Kier molecular flexibility index (Phi) is 27.1. The largest absolute Gasteiger partial charge is 0.497 e. The van der Waals surface area contributed by atoms with Gasteiger partial charge < -0.3 is 39.3 Å². The summed E-state index contributed by atoms with van der Waals surface area (Å²) in [5.41, 5.74) is 2.05. The van der Waals surface area contributed by atoms with Crippen molar-refractivity contribution in [3.63, 3.8) is 0 Å². The number of carbonyl (C=O) groups is 2. The molecular formula is C41H61N4O7PY. The molecule has 11 nitrogen and oxygen atoms in total. The van der Waals surface area contributed by atoms with E-state index >= 15 is 0 Å². The van der Waals surface area contributed by atoms with Gasteiger partial charge in [-0.15, -0.1) is 0 Å². The second-order valence-corrected chi connectivity index (χ2v) is 14.3. The van der Waals surface area contributed by atoms with Gasteiger partial charge in [0.2, 0.25) is 5.91 Å². The summed E-state index contributed by atoms with van der Waals surface area (Å²) in [6.45, 7) is 13.1. The molecule has 13 heteroatoms. The number of carbonyl (C=O) groups excluding carboxylic acids is 2. The van der Waals surface area contributed by atoms with Crippen molar-refractivity contribution in [2.24, 2.45) is 0 Å². The Morgan fingerprint density at radius 1 is 0.852 bits per heavy atom. The van der Waals surface area contributed by atoms with Crippen LogP contribution in [0.2, 0.25) is 0 Å². The third-order valence-corrected chi connectivity index (χ3v) is 10.3. The number of nitrogens with zero attached hydrogens (tertiary/aromatic N) is 2. The molecule has 0 saturated carbocycles. The van der Waals surface area contributed by atoms with Crippen LogP contribution in [0.4, 0.5) is 0 Å². The van der Waals surface area contributed by atoms with Crippen molar-refractivity contribution in [1.29, 1.82) is 5.26 Å². The Morgan fingerprint density at radius 3 is 1.70 bits per heavy atom. The molecule has 2 atom stereocenters. The molecule has 0 saturated heterocycles. The summed E-state index contributed by atoms with van der Waals surface area (Å²) < 4.78 is 25.4. The zero-order chi connectivity index (χ0) is 39.8. The number of methoxy groups -OCH3 is 2. The number of benzene rings is 3. The average molecular weight is 842 g/mol. The summed E-state index contributed by atoms with van der Waals surface area (Å²) in [5, 5.41) is 23.6. The number of amides is 1. The summed E-state index contributed by atoms with van der Waals surface area (Å²) in [4.78, 5) is 20.7. The Bertz CT molecular complexity index is 1430. The van der Waals surface area contributed by atoms with E-state index in [1.54, 1.807) is 21.3 Å². The first-order valence-electron chi connectivity index (χ1n) is 17.8. The number of nitrogens with one attached hydrogen (secondary N) is 2. The first kappa shape index (κ1) is 51.2. The number of likely N-dealkylation sites (N-methyl/N-ethyl adjacent to an activating group) is 1. The Balaban J connectivity index is 0.000000973. The first-order chi connectivity index (χ1) is 25.3. The molecule has 3 rings (SSSR count). The maximum absolute atomic E-state index is 10.5. The van der Waals surface area contributed by atoms with Crippen LogP contribution in [0, 0.1) is 11.3 Å². The van der Waals surface area contributed by atoms with Gasteiger partial charge in [0, 0.05) is 64.7 Å².